The summed E-state index contributed by atoms with van der Waals surface area (Å²) in [6.45, 7) is 1.57. The standard InChI is InChI=1S/C22H19Cl3N4OS/c23-13-5-7-19-15(10-13)20-16(12-31-19)21(27-26-20)22(30)29(28-8-2-1-3-9-28)18-6-4-14(24)11-17(18)25/h4-7,10-11H,1-3,8-9,12H2,(H,26,27). The molecule has 160 valence electrons. The Bertz CT molecular complexity index is 1160. The second kappa shape index (κ2) is 8.68. The van der Waals surface area contributed by atoms with Crippen LogP contribution in [0.15, 0.2) is 41.3 Å². The summed E-state index contributed by atoms with van der Waals surface area (Å²) in [5, 5.41) is 12.9. The second-order valence-electron chi connectivity index (χ2n) is 7.58. The first-order chi connectivity index (χ1) is 15.0. The zero-order valence-corrected chi connectivity index (χ0v) is 19.6. The van der Waals surface area contributed by atoms with Gasteiger partial charge in [0.1, 0.15) is 5.69 Å². The van der Waals surface area contributed by atoms with Gasteiger partial charge in [-0.3, -0.25) is 9.89 Å². The number of nitrogens with one attached hydrogen (secondary N) is 1. The summed E-state index contributed by atoms with van der Waals surface area (Å²) < 4.78 is 0. The zero-order chi connectivity index (χ0) is 21.5. The lowest BCUT2D eigenvalue weighted by Gasteiger charge is -2.37. The van der Waals surface area contributed by atoms with Gasteiger partial charge in [-0.25, -0.2) is 10.0 Å². The van der Waals surface area contributed by atoms with Crippen molar-refractivity contribution >= 4 is 58.2 Å². The number of hydrogen-bond acceptors (Lipinski definition) is 4. The molecule has 2 aliphatic heterocycles. The number of carbonyl (C=O) groups excluding carboxylic acids is 1. The van der Waals surface area contributed by atoms with Gasteiger partial charge >= 0.3 is 0 Å². The van der Waals surface area contributed by atoms with Crippen LogP contribution >= 0.6 is 46.6 Å². The van der Waals surface area contributed by atoms with Crippen molar-refractivity contribution in [2.45, 2.75) is 29.9 Å². The Labute approximate surface area is 199 Å². The highest BCUT2D eigenvalue weighted by atomic mass is 35.5. The summed E-state index contributed by atoms with van der Waals surface area (Å²) in [5.74, 6) is 0.481. The van der Waals surface area contributed by atoms with Crippen LogP contribution in [0.1, 0.15) is 35.3 Å². The largest absolute Gasteiger partial charge is 0.291 e. The quantitative estimate of drug-likeness (QED) is 0.441. The fourth-order valence-electron chi connectivity index (χ4n) is 4.09. The van der Waals surface area contributed by atoms with Crippen LogP contribution in [0.3, 0.4) is 0 Å². The van der Waals surface area contributed by atoms with E-state index in [1.165, 1.54) is 0 Å². The van der Waals surface area contributed by atoms with Crippen molar-refractivity contribution in [3.05, 3.63) is 62.7 Å². The van der Waals surface area contributed by atoms with Gasteiger partial charge in [0.15, 0.2) is 0 Å². The number of anilines is 1. The molecule has 3 heterocycles. The van der Waals surface area contributed by atoms with E-state index in [9.17, 15) is 4.79 Å². The molecule has 5 nitrogen and oxygen atoms in total. The Morgan fingerprint density at radius 1 is 1.03 bits per heavy atom. The highest BCUT2D eigenvalue weighted by molar-refractivity contribution is 7.98. The number of rotatable bonds is 3. The molecule has 1 aromatic heterocycles. The summed E-state index contributed by atoms with van der Waals surface area (Å²) in [7, 11) is 0. The van der Waals surface area contributed by atoms with E-state index in [4.69, 9.17) is 34.8 Å². The van der Waals surface area contributed by atoms with Crippen LogP contribution in [0.4, 0.5) is 5.69 Å². The topological polar surface area (TPSA) is 52.2 Å². The number of thioether (sulfide) groups is 1. The van der Waals surface area contributed by atoms with E-state index in [1.807, 2.05) is 18.2 Å². The first-order valence-electron chi connectivity index (χ1n) is 10.1. The van der Waals surface area contributed by atoms with Gasteiger partial charge in [0.2, 0.25) is 0 Å². The molecule has 0 atom stereocenters. The number of hydrazine groups is 1. The Kier molecular flexibility index (Phi) is 5.92. The molecule has 0 bridgehead atoms. The minimum atomic E-state index is -0.175. The number of aromatic nitrogens is 2. The number of H-pyrrole nitrogens is 1. The van der Waals surface area contributed by atoms with Gasteiger partial charge in [-0.2, -0.15) is 5.10 Å². The average Bonchev–Trinajstić information content (AvgIpc) is 3.21. The number of hydrogen-bond donors (Lipinski definition) is 1. The fraction of sp³-hybridized carbons (Fsp3) is 0.273. The minimum Gasteiger partial charge on any atom is -0.272 e. The van der Waals surface area contributed by atoms with Crippen molar-refractivity contribution in [2.75, 3.05) is 18.1 Å². The van der Waals surface area contributed by atoms with Gasteiger partial charge in [-0.15, -0.1) is 11.8 Å². The van der Waals surface area contributed by atoms with Gasteiger partial charge in [0.05, 0.1) is 16.4 Å². The summed E-state index contributed by atoms with van der Waals surface area (Å²) in [6, 6.07) is 11.0. The van der Waals surface area contributed by atoms with E-state index >= 15 is 0 Å². The SMILES string of the molecule is O=C(c1[nH]nc2c1CSc1ccc(Cl)cc1-2)N(c1ccc(Cl)cc1Cl)N1CCCCC1. The maximum Gasteiger partial charge on any atom is 0.291 e. The zero-order valence-electron chi connectivity index (χ0n) is 16.5. The summed E-state index contributed by atoms with van der Waals surface area (Å²) >= 11 is 20.5. The second-order valence-corrected chi connectivity index (χ2v) is 9.88. The van der Waals surface area contributed by atoms with Crippen LogP contribution in [-0.2, 0) is 5.75 Å². The number of amides is 1. The van der Waals surface area contributed by atoms with Crippen molar-refractivity contribution in [1.82, 2.24) is 15.2 Å². The average molecular weight is 494 g/mol. The molecule has 0 aliphatic carbocycles. The Hall–Kier alpha value is -1.70. The third-order valence-electron chi connectivity index (χ3n) is 5.60. The molecule has 5 rings (SSSR count). The lowest BCUT2D eigenvalue weighted by atomic mass is 10.1. The van der Waals surface area contributed by atoms with Crippen molar-refractivity contribution in [3.8, 4) is 11.3 Å². The molecule has 31 heavy (non-hydrogen) atoms. The van der Waals surface area contributed by atoms with E-state index in [1.54, 1.807) is 35.0 Å². The smallest absolute Gasteiger partial charge is 0.272 e. The van der Waals surface area contributed by atoms with Crippen molar-refractivity contribution in [1.29, 1.82) is 0 Å². The number of carbonyl (C=O) groups is 1. The molecular weight excluding hydrogens is 475 g/mol. The van der Waals surface area contributed by atoms with Crippen molar-refractivity contribution in [3.63, 3.8) is 0 Å². The fourth-order valence-corrected chi connectivity index (χ4v) is 5.81. The van der Waals surface area contributed by atoms with Crippen molar-refractivity contribution < 1.29 is 4.79 Å². The molecule has 0 saturated carbocycles. The summed E-state index contributed by atoms with van der Waals surface area (Å²) in [5.41, 5.74) is 3.71. The van der Waals surface area contributed by atoms with Gasteiger partial charge in [-0.05, 0) is 49.2 Å². The molecule has 1 fully saturated rings. The summed E-state index contributed by atoms with van der Waals surface area (Å²) in [4.78, 5) is 15.0. The van der Waals surface area contributed by atoms with Gasteiger partial charge in [-0.1, -0.05) is 41.2 Å². The molecule has 1 amide bonds. The van der Waals surface area contributed by atoms with E-state index in [0.717, 1.165) is 54.1 Å². The predicted molar refractivity (Wildman–Crippen MR) is 127 cm³/mol. The van der Waals surface area contributed by atoms with Crippen LogP contribution in [0, 0.1) is 0 Å². The molecule has 0 spiro atoms. The van der Waals surface area contributed by atoms with E-state index in [0.29, 0.717) is 32.2 Å². The Balaban J connectivity index is 1.58. The lowest BCUT2D eigenvalue weighted by molar-refractivity contribution is 0.0867. The Morgan fingerprint density at radius 2 is 1.77 bits per heavy atom. The van der Waals surface area contributed by atoms with E-state index < -0.39 is 0 Å². The summed E-state index contributed by atoms with van der Waals surface area (Å²) in [6.07, 6.45) is 3.20. The Morgan fingerprint density at radius 3 is 2.55 bits per heavy atom. The first-order valence-corrected chi connectivity index (χ1v) is 12.2. The maximum atomic E-state index is 13.9. The third kappa shape index (κ3) is 3.96. The molecule has 3 aromatic rings. The minimum absolute atomic E-state index is 0.175. The van der Waals surface area contributed by atoms with Crippen LogP contribution in [-0.4, -0.2) is 34.2 Å². The number of fused-ring (bicyclic) bond motifs is 3. The molecule has 1 saturated heterocycles. The molecule has 9 heteroatoms. The molecule has 2 aromatic carbocycles. The normalized spacial score (nSPS) is 16.0. The lowest BCUT2D eigenvalue weighted by Crippen LogP contribution is -2.49. The maximum absolute atomic E-state index is 13.9. The number of nitrogens with zero attached hydrogens (tertiary/aromatic N) is 3. The van der Waals surface area contributed by atoms with Crippen LogP contribution in [0.5, 0.6) is 0 Å². The van der Waals surface area contributed by atoms with Crippen molar-refractivity contribution in [2.24, 2.45) is 0 Å². The van der Waals surface area contributed by atoms with Crippen LogP contribution < -0.4 is 5.01 Å². The van der Waals surface area contributed by atoms with Crippen LogP contribution in [0.25, 0.3) is 11.3 Å². The number of benzene rings is 2. The number of aromatic amines is 1. The molecular formula is C22H19Cl3N4OS. The number of halogens is 3. The number of piperidine rings is 1. The predicted octanol–water partition coefficient (Wildman–Crippen LogP) is 6.69. The monoisotopic (exact) mass is 492 g/mol. The van der Waals surface area contributed by atoms with Gasteiger partial charge < -0.3 is 0 Å². The van der Waals surface area contributed by atoms with Gasteiger partial charge in [0, 0.05) is 44.9 Å². The molecule has 1 N–H and O–H groups in total. The molecule has 0 unspecified atom stereocenters. The van der Waals surface area contributed by atoms with Crippen LogP contribution in [0.2, 0.25) is 15.1 Å². The molecule has 0 radical (unpaired) electrons. The van der Waals surface area contributed by atoms with E-state index in [-0.39, 0.29) is 5.91 Å². The highest BCUT2D eigenvalue weighted by Gasteiger charge is 2.33. The van der Waals surface area contributed by atoms with E-state index in [2.05, 4.69) is 15.2 Å². The first kappa shape index (κ1) is 21.2. The van der Waals surface area contributed by atoms with Gasteiger partial charge in [0.25, 0.3) is 5.91 Å². The highest BCUT2D eigenvalue weighted by Crippen LogP contribution is 2.43. The third-order valence-corrected chi connectivity index (χ3v) is 7.47. The molecule has 2 aliphatic rings.